The van der Waals surface area contributed by atoms with Crippen molar-refractivity contribution in [1.29, 1.82) is 0 Å². The van der Waals surface area contributed by atoms with Crippen LogP contribution in [0.15, 0.2) is 67.3 Å². The van der Waals surface area contributed by atoms with Gasteiger partial charge in [0.15, 0.2) is 11.6 Å². The van der Waals surface area contributed by atoms with Crippen molar-refractivity contribution >= 4 is 10.9 Å². The molecule has 2 aromatic carbocycles. The number of aryl methyl sites for hydroxylation is 1. The van der Waals surface area contributed by atoms with Gasteiger partial charge in [-0.1, -0.05) is 24.3 Å². The molecule has 0 saturated heterocycles. The number of nitrogens with zero attached hydrogens (tertiary/aromatic N) is 4. The van der Waals surface area contributed by atoms with Gasteiger partial charge in [0.05, 0.1) is 12.1 Å². The fourth-order valence-electron chi connectivity index (χ4n) is 3.69. The van der Waals surface area contributed by atoms with Crippen LogP contribution < -0.4 is 4.74 Å². The van der Waals surface area contributed by atoms with Crippen molar-refractivity contribution in [3.63, 3.8) is 0 Å². The van der Waals surface area contributed by atoms with Crippen molar-refractivity contribution in [2.75, 3.05) is 0 Å². The minimum absolute atomic E-state index is 0.0782. The average molecular weight is 462 g/mol. The smallest absolute Gasteiger partial charge is 0.236 e. The van der Waals surface area contributed by atoms with Gasteiger partial charge in [0.2, 0.25) is 17.5 Å². The van der Waals surface area contributed by atoms with Gasteiger partial charge in [0, 0.05) is 30.2 Å². The summed E-state index contributed by atoms with van der Waals surface area (Å²) in [5, 5.41) is 10.9. The fourth-order valence-corrected chi connectivity index (χ4v) is 3.69. The number of rotatable bonds is 5. The van der Waals surface area contributed by atoms with E-state index >= 15 is 0 Å². The monoisotopic (exact) mass is 462 g/mol. The van der Waals surface area contributed by atoms with Crippen LogP contribution in [0.2, 0.25) is 0 Å². The number of aromatic hydroxyl groups is 1. The summed E-state index contributed by atoms with van der Waals surface area (Å²) >= 11 is 0. The molecule has 3 heterocycles. The number of hydrogen-bond donors (Lipinski definition) is 1. The Hall–Kier alpha value is -4.40. The number of fused-ring (bicyclic) bond motifs is 1. The molecule has 0 spiro atoms. The van der Waals surface area contributed by atoms with Crippen molar-refractivity contribution in [2.24, 2.45) is 0 Å². The third-order valence-corrected chi connectivity index (χ3v) is 5.31. The molecule has 5 rings (SSSR count). The SMILES string of the molecule is Cc1cc(-c2ccc(Cn3cc4ncnc(Oc5c(F)cc(F)cc5F)c4c3O)cc2)ccn1. The summed E-state index contributed by atoms with van der Waals surface area (Å²) < 4.78 is 48.1. The Labute approximate surface area is 191 Å². The van der Waals surface area contributed by atoms with E-state index in [2.05, 4.69) is 15.0 Å². The maximum atomic E-state index is 14.0. The highest BCUT2D eigenvalue weighted by atomic mass is 19.1. The lowest BCUT2D eigenvalue weighted by Gasteiger charge is -2.09. The number of aromatic nitrogens is 4. The van der Waals surface area contributed by atoms with E-state index in [-0.39, 0.29) is 17.1 Å². The molecule has 0 aliphatic heterocycles. The van der Waals surface area contributed by atoms with Gasteiger partial charge in [0.1, 0.15) is 17.5 Å². The van der Waals surface area contributed by atoms with Crippen molar-refractivity contribution in [3.8, 4) is 28.6 Å². The first kappa shape index (κ1) is 21.4. The molecule has 0 aliphatic carbocycles. The Kier molecular flexibility index (Phi) is 5.37. The third-order valence-electron chi connectivity index (χ3n) is 5.31. The Bertz CT molecular complexity index is 1490. The molecule has 3 aromatic heterocycles. The normalized spacial score (nSPS) is 11.2. The molecule has 0 unspecified atom stereocenters. The molecular formula is C25H17F3N4O2. The minimum Gasteiger partial charge on any atom is -0.494 e. The van der Waals surface area contributed by atoms with E-state index in [0.717, 1.165) is 28.7 Å². The molecule has 6 nitrogen and oxygen atoms in total. The molecule has 0 bridgehead atoms. The zero-order chi connectivity index (χ0) is 23.8. The first-order valence-corrected chi connectivity index (χ1v) is 10.3. The predicted octanol–water partition coefficient (Wildman–Crippen LogP) is 5.77. The van der Waals surface area contributed by atoms with Crippen LogP contribution in [0.25, 0.3) is 22.0 Å². The quantitative estimate of drug-likeness (QED) is 0.359. The summed E-state index contributed by atoms with van der Waals surface area (Å²) in [4.78, 5) is 12.2. The minimum atomic E-state index is -1.23. The summed E-state index contributed by atoms with van der Waals surface area (Å²) in [5.74, 6) is -4.85. The lowest BCUT2D eigenvalue weighted by atomic mass is 10.0. The van der Waals surface area contributed by atoms with Crippen LogP contribution in [0.3, 0.4) is 0 Å². The Morgan fingerprint density at radius 1 is 0.912 bits per heavy atom. The summed E-state index contributed by atoms with van der Waals surface area (Å²) in [6.07, 6.45) is 4.48. The lowest BCUT2D eigenvalue weighted by Crippen LogP contribution is -1.98. The van der Waals surface area contributed by atoms with Gasteiger partial charge in [-0.2, -0.15) is 0 Å². The van der Waals surface area contributed by atoms with E-state index < -0.39 is 23.2 Å². The van der Waals surface area contributed by atoms with Crippen LogP contribution in [0.4, 0.5) is 13.2 Å². The van der Waals surface area contributed by atoms with Crippen LogP contribution in [-0.2, 0) is 6.54 Å². The molecule has 9 heteroatoms. The largest absolute Gasteiger partial charge is 0.494 e. The first-order valence-electron chi connectivity index (χ1n) is 10.3. The second-order valence-electron chi connectivity index (χ2n) is 7.70. The first-order chi connectivity index (χ1) is 16.4. The Balaban J connectivity index is 1.45. The highest BCUT2D eigenvalue weighted by Crippen LogP contribution is 2.37. The Morgan fingerprint density at radius 3 is 2.35 bits per heavy atom. The molecule has 0 fully saturated rings. The molecule has 0 atom stereocenters. The van der Waals surface area contributed by atoms with Gasteiger partial charge in [0.25, 0.3) is 0 Å². The zero-order valence-electron chi connectivity index (χ0n) is 17.8. The molecule has 5 aromatic rings. The van der Waals surface area contributed by atoms with Gasteiger partial charge >= 0.3 is 0 Å². The van der Waals surface area contributed by atoms with Crippen LogP contribution >= 0.6 is 0 Å². The van der Waals surface area contributed by atoms with Crippen LogP contribution in [-0.4, -0.2) is 24.6 Å². The van der Waals surface area contributed by atoms with E-state index in [1.807, 2.05) is 43.3 Å². The van der Waals surface area contributed by atoms with E-state index in [9.17, 15) is 18.3 Å². The molecule has 0 aliphatic rings. The van der Waals surface area contributed by atoms with Crippen molar-refractivity contribution in [2.45, 2.75) is 13.5 Å². The van der Waals surface area contributed by atoms with Gasteiger partial charge in [-0.3, -0.25) is 4.98 Å². The molecule has 0 radical (unpaired) electrons. The summed E-state index contributed by atoms with van der Waals surface area (Å²) in [6, 6.07) is 12.7. The highest BCUT2D eigenvalue weighted by molar-refractivity contribution is 5.89. The second-order valence-corrected chi connectivity index (χ2v) is 7.70. The summed E-state index contributed by atoms with van der Waals surface area (Å²) in [5.41, 5.74) is 4.21. The fraction of sp³-hybridized carbons (Fsp3) is 0.0800. The Morgan fingerprint density at radius 2 is 1.65 bits per heavy atom. The van der Waals surface area contributed by atoms with Crippen LogP contribution in [0.1, 0.15) is 11.3 Å². The van der Waals surface area contributed by atoms with E-state index in [4.69, 9.17) is 4.74 Å². The van der Waals surface area contributed by atoms with Crippen molar-refractivity contribution < 1.29 is 23.0 Å². The van der Waals surface area contributed by atoms with Crippen LogP contribution in [0.5, 0.6) is 17.5 Å². The summed E-state index contributed by atoms with van der Waals surface area (Å²) in [6.45, 7) is 2.23. The number of pyridine rings is 1. The zero-order valence-corrected chi connectivity index (χ0v) is 17.8. The molecule has 0 amide bonds. The standard InChI is InChI=1S/C25H17F3N4O2/c1-14-8-17(6-7-29-14)16-4-2-15(3-5-16)11-32-12-21-22(25(32)33)24(31-13-30-21)34-23-19(27)9-18(26)10-20(23)28/h2-10,12-13,33H,11H2,1H3. The topological polar surface area (TPSA) is 73.1 Å². The highest BCUT2D eigenvalue weighted by Gasteiger charge is 2.20. The molecular weight excluding hydrogens is 445 g/mol. The maximum absolute atomic E-state index is 14.0. The van der Waals surface area contributed by atoms with Gasteiger partial charge in [-0.15, -0.1) is 0 Å². The number of benzene rings is 2. The number of hydrogen-bond acceptors (Lipinski definition) is 5. The van der Waals surface area contributed by atoms with Gasteiger partial charge < -0.3 is 14.4 Å². The second kappa shape index (κ2) is 8.51. The lowest BCUT2D eigenvalue weighted by molar-refractivity contribution is 0.389. The number of halogens is 3. The van der Waals surface area contributed by atoms with E-state index in [1.54, 1.807) is 12.4 Å². The van der Waals surface area contributed by atoms with Crippen LogP contribution in [0, 0.1) is 24.4 Å². The molecule has 170 valence electrons. The third kappa shape index (κ3) is 4.03. The molecule has 0 saturated carbocycles. The van der Waals surface area contributed by atoms with Gasteiger partial charge in [-0.05, 0) is 35.7 Å². The maximum Gasteiger partial charge on any atom is 0.236 e. The summed E-state index contributed by atoms with van der Waals surface area (Å²) in [7, 11) is 0. The van der Waals surface area contributed by atoms with Crippen molar-refractivity contribution in [3.05, 3.63) is 96.0 Å². The van der Waals surface area contributed by atoms with Crippen molar-refractivity contribution in [1.82, 2.24) is 19.5 Å². The molecule has 1 N–H and O–H groups in total. The molecule has 34 heavy (non-hydrogen) atoms. The van der Waals surface area contributed by atoms with E-state index in [1.165, 1.54) is 4.57 Å². The van der Waals surface area contributed by atoms with E-state index in [0.29, 0.717) is 24.2 Å². The van der Waals surface area contributed by atoms with Gasteiger partial charge in [-0.25, -0.2) is 23.1 Å². The average Bonchev–Trinajstić information content (AvgIpc) is 3.12. The predicted molar refractivity (Wildman–Crippen MR) is 119 cm³/mol. The number of ether oxygens (including phenoxy) is 1.